The maximum absolute atomic E-state index is 12.5. The molecule has 0 aliphatic rings. The van der Waals surface area contributed by atoms with Crippen LogP contribution in [0.25, 0.3) is 6.08 Å². The van der Waals surface area contributed by atoms with Gasteiger partial charge in [-0.1, -0.05) is 53.5 Å². The van der Waals surface area contributed by atoms with Gasteiger partial charge in [-0.3, -0.25) is 14.9 Å². The third-order valence-corrected chi connectivity index (χ3v) is 5.02. The summed E-state index contributed by atoms with van der Waals surface area (Å²) in [5.41, 5.74) is 1.04. The Morgan fingerprint density at radius 3 is 2.47 bits per heavy atom. The van der Waals surface area contributed by atoms with E-state index in [1.54, 1.807) is 30.3 Å². The lowest BCUT2D eigenvalue weighted by Gasteiger charge is -2.08. The molecule has 0 aliphatic heterocycles. The van der Waals surface area contributed by atoms with Crippen LogP contribution in [0.2, 0.25) is 10.0 Å². The number of nitrogens with one attached hydrogen (secondary N) is 1. The van der Waals surface area contributed by atoms with Gasteiger partial charge in [-0.15, -0.1) is 0 Å². The van der Waals surface area contributed by atoms with Gasteiger partial charge in [0.15, 0.2) is 0 Å². The van der Waals surface area contributed by atoms with E-state index in [4.69, 9.17) is 27.9 Å². The summed E-state index contributed by atoms with van der Waals surface area (Å²) in [5.74, 6) is -0.151. The van der Waals surface area contributed by atoms with Gasteiger partial charge in [-0.05, 0) is 35.9 Å². The topological polar surface area (TPSA) is 105 Å². The summed E-state index contributed by atoms with van der Waals surface area (Å²) < 4.78 is 5.71. The molecule has 9 heteroatoms. The first-order valence-corrected chi connectivity index (χ1v) is 9.96. The fourth-order valence-electron chi connectivity index (χ4n) is 2.66. The third kappa shape index (κ3) is 5.85. The predicted octanol–water partition coefficient (Wildman–Crippen LogP) is 6.03. The van der Waals surface area contributed by atoms with Crippen molar-refractivity contribution in [2.24, 2.45) is 0 Å². The van der Waals surface area contributed by atoms with E-state index in [0.717, 1.165) is 11.6 Å². The summed E-state index contributed by atoms with van der Waals surface area (Å²) in [7, 11) is 0. The minimum atomic E-state index is -0.742. The van der Waals surface area contributed by atoms with Crippen LogP contribution in [-0.2, 0) is 11.4 Å². The van der Waals surface area contributed by atoms with Crippen molar-refractivity contribution in [3.8, 4) is 11.8 Å². The predicted molar refractivity (Wildman–Crippen MR) is 123 cm³/mol. The molecule has 7 nitrogen and oxygen atoms in total. The number of hydrogen-bond donors (Lipinski definition) is 1. The van der Waals surface area contributed by atoms with E-state index >= 15 is 0 Å². The number of ether oxygens (including phenoxy) is 1. The first-order chi connectivity index (χ1) is 15.4. The summed E-state index contributed by atoms with van der Waals surface area (Å²) in [6, 6.07) is 19.6. The van der Waals surface area contributed by atoms with Crippen molar-refractivity contribution in [3.63, 3.8) is 0 Å². The summed E-state index contributed by atoms with van der Waals surface area (Å²) in [6.07, 6.45) is 1.39. The van der Waals surface area contributed by atoms with E-state index < -0.39 is 10.8 Å². The second-order valence-electron chi connectivity index (χ2n) is 6.49. The Kier molecular flexibility index (Phi) is 7.45. The summed E-state index contributed by atoms with van der Waals surface area (Å²) >= 11 is 12.1. The lowest BCUT2D eigenvalue weighted by atomic mass is 10.1. The third-order valence-electron chi connectivity index (χ3n) is 4.32. The minimum absolute atomic E-state index is 0.0373. The Hall–Kier alpha value is -3.86. The first-order valence-electron chi connectivity index (χ1n) is 9.20. The van der Waals surface area contributed by atoms with Crippen molar-refractivity contribution < 1.29 is 14.5 Å². The zero-order valence-corrected chi connectivity index (χ0v) is 17.9. The van der Waals surface area contributed by atoms with Gasteiger partial charge in [0, 0.05) is 22.7 Å². The van der Waals surface area contributed by atoms with E-state index in [1.165, 1.54) is 18.2 Å². The molecule has 0 fully saturated rings. The van der Waals surface area contributed by atoms with Crippen LogP contribution in [0.5, 0.6) is 5.75 Å². The molecule has 0 bridgehead atoms. The van der Waals surface area contributed by atoms with Crippen LogP contribution in [0.4, 0.5) is 11.4 Å². The number of anilines is 1. The molecule has 0 radical (unpaired) electrons. The van der Waals surface area contributed by atoms with Crippen LogP contribution < -0.4 is 10.1 Å². The van der Waals surface area contributed by atoms with Gasteiger partial charge in [0.25, 0.3) is 11.6 Å². The van der Waals surface area contributed by atoms with Crippen LogP contribution in [0.1, 0.15) is 11.1 Å². The standard InChI is InChI=1S/C23H15Cl2N3O4/c24-20-4-2-1-3-16(20)14-32-19-8-5-15(6-9-19)11-17(13-26)23(29)27-22-12-18(28(30)31)7-10-21(22)25/h1-12H,14H2,(H,27,29)/b17-11+. The van der Waals surface area contributed by atoms with Crippen molar-refractivity contribution >= 4 is 46.6 Å². The lowest BCUT2D eigenvalue weighted by molar-refractivity contribution is -0.384. The second-order valence-corrected chi connectivity index (χ2v) is 7.31. The fourth-order valence-corrected chi connectivity index (χ4v) is 3.02. The van der Waals surface area contributed by atoms with Crippen LogP contribution >= 0.6 is 23.2 Å². The molecule has 1 amide bonds. The molecule has 0 spiro atoms. The Morgan fingerprint density at radius 2 is 1.81 bits per heavy atom. The highest BCUT2D eigenvalue weighted by Crippen LogP contribution is 2.27. The number of nitro groups is 1. The van der Waals surface area contributed by atoms with Gasteiger partial charge in [-0.25, -0.2) is 0 Å². The molecule has 0 aromatic heterocycles. The molecule has 32 heavy (non-hydrogen) atoms. The highest BCUT2D eigenvalue weighted by molar-refractivity contribution is 6.34. The molecule has 0 unspecified atom stereocenters. The summed E-state index contributed by atoms with van der Waals surface area (Å²) in [4.78, 5) is 22.8. The minimum Gasteiger partial charge on any atom is -0.489 e. The number of halogens is 2. The number of nitriles is 1. The SMILES string of the molecule is N#C/C(=C\c1ccc(OCc2ccccc2Cl)cc1)C(=O)Nc1cc([N+](=O)[O-])ccc1Cl. The number of benzene rings is 3. The van der Waals surface area contributed by atoms with Crippen LogP contribution in [-0.4, -0.2) is 10.8 Å². The number of rotatable bonds is 7. The van der Waals surface area contributed by atoms with E-state index in [9.17, 15) is 20.2 Å². The number of nitrogens with zero attached hydrogens (tertiary/aromatic N) is 2. The Bertz CT molecular complexity index is 1230. The smallest absolute Gasteiger partial charge is 0.271 e. The van der Waals surface area contributed by atoms with Crippen molar-refractivity contribution in [2.45, 2.75) is 6.61 Å². The number of amides is 1. The second kappa shape index (κ2) is 10.4. The fraction of sp³-hybridized carbons (Fsp3) is 0.0435. The van der Waals surface area contributed by atoms with Gasteiger partial charge in [0.05, 0.1) is 15.6 Å². The van der Waals surface area contributed by atoms with Gasteiger partial charge in [0.2, 0.25) is 0 Å². The van der Waals surface area contributed by atoms with E-state index in [1.807, 2.05) is 24.3 Å². The average Bonchev–Trinajstić information content (AvgIpc) is 2.79. The molecule has 0 heterocycles. The Morgan fingerprint density at radius 1 is 1.09 bits per heavy atom. The molecule has 160 valence electrons. The molecule has 0 saturated heterocycles. The van der Waals surface area contributed by atoms with E-state index in [0.29, 0.717) is 22.9 Å². The van der Waals surface area contributed by atoms with Gasteiger partial charge in [0.1, 0.15) is 24.0 Å². The average molecular weight is 468 g/mol. The zero-order valence-electron chi connectivity index (χ0n) is 16.4. The van der Waals surface area contributed by atoms with Gasteiger partial charge < -0.3 is 10.1 Å². The Balaban J connectivity index is 1.70. The quantitative estimate of drug-likeness (QED) is 0.197. The number of hydrogen-bond acceptors (Lipinski definition) is 5. The molecule has 0 saturated carbocycles. The van der Waals surface area contributed by atoms with Crippen LogP contribution in [0.3, 0.4) is 0 Å². The maximum atomic E-state index is 12.5. The van der Waals surface area contributed by atoms with Crippen molar-refractivity contribution in [1.29, 1.82) is 5.26 Å². The molecule has 0 atom stereocenters. The number of carbonyl (C=O) groups excluding carboxylic acids is 1. The highest BCUT2D eigenvalue weighted by atomic mass is 35.5. The lowest BCUT2D eigenvalue weighted by Crippen LogP contribution is -2.14. The molecule has 0 aliphatic carbocycles. The van der Waals surface area contributed by atoms with Crippen molar-refractivity contribution in [1.82, 2.24) is 0 Å². The molecule has 3 aromatic carbocycles. The van der Waals surface area contributed by atoms with Crippen LogP contribution in [0.15, 0.2) is 72.3 Å². The van der Waals surface area contributed by atoms with E-state index in [-0.39, 0.29) is 22.0 Å². The Labute approximate surface area is 193 Å². The summed E-state index contributed by atoms with van der Waals surface area (Å²) in [6.45, 7) is 0.296. The number of nitro benzene ring substituents is 1. The number of non-ortho nitro benzene ring substituents is 1. The maximum Gasteiger partial charge on any atom is 0.271 e. The van der Waals surface area contributed by atoms with Crippen molar-refractivity contribution in [3.05, 3.63) is 104 Å². The van der Waals surface area contributed by atoms with Gasteiger partial charge >= 0.3 is 0 Å². The normalized spacial score (nSPS) is 10.8. The molecule has 3 rings (SSSR count). The molecular weight excluding hydrogens is 453 g/mol. The monoisotopic (exact) mass is 467 g/mol. The van der Waals surface area contributed by atoms with E-state index in [2.05, 4.69) is 5.32 Å². The molecule has 1 N–H and O–H groups in total. The van der Waals surface area contributed by atoms with Crippen molar-refractivity contribution in [2.75, 3.05) is 5.32 Å². The molecular formula is C23H15Cl2N3O4. The van der Waals surface area contributed by atoms with Gasteiger partial charge in [-0.2, -0.15) is 5.26 Å². The van der Waals surface area contributed by atoms with Crippen LogP contribution in [0, 0.1) is 21.4 Å². The largest absolute Gasteiger partial charge is 0.489 e. The zero-order chi connectivity index (χ0) is 23.1. The highest BCUT2D eigenvalue weighted by Gasteiger charge is 2.15. The summed E-state index contributed by atoms with van der Waals surface area (Å²) in [5, 5.41) is 23.5. The number of carbonyl (C=O) groups is 1. The first kappa shape index (κ1) is 22.8. The molecule has 3 aromatic rings.